The highest BCUT2D eigenvalue weighted by molar-refractivity contribution is 5.86. The minimum absolute atomic E-state index is 0.250. The number of ether oxygens (including phenoxy) is 3. The van der Waals surface area contributed by atoms with Crippen molar-refractivity contribution in [1.82, 2.24) is 19.7 Å². The second-order valence-corrected chi connectivity index (χ2v) is 7.82. The van der Waals surface area contributed by atoms with Crippen LogP contribution in [0.3, 0.4) is 0 Å². The molecule has 3 aromatic heterocycles. The van der Waals surface area contributed by atoms with E-state index in [4.69, 9.17) is 19.2 Å². The van der Waals surface area contributed by atoms with Gasteiger partial charge in [0.15, 0.2) is 0 Å². The van der Waals surface area contributed by atoms with Crippen molar-refractivity contribution in [2.24, 2.45) is 0 Å². The highest BCUT2D eigenvalue weighted by atomic mass is 16.5. The molecule has 1 fully saturated rings. The number of imidazole rings is 1. The lowest BCUT2D eigenvalue weighted by atomic mass is 10.1. The molecule has 8 heteroatoms. The predicted molar refractivity (Wildman–Crippen MR) is 121 cm³/mol. The van der Waals surface area contributed by atoms with Crippen molar-refractivity contribution in [1.29, 1.82) is 0 Å². The van der Waals surface area contributed by atoms with Crippen molar-refractivity contribution in [3.05, 3.63) is 54.9 Å². The lowest BCUT2D eigenvalue weighted by Gasteiger charge is -2.29. The number of para-hydroxylation sites is 1. The first-order valence-corrected chi connectivity index (χ1v) is 10.8. The summed E-state index contributed by atoms with van der Waals surface area (Å²) in [6.07, 6.45) is 3.70. The minimum atomic E-state index is -0.540. The van der Waals surface area contributed by atoms with E-state index in [0.717, 1.165) is 46.7 Å². The number of aromatic nitrogens is 3. The zero-order valence-electron chi connectivity index (χ0n) is 17.9. The first-order valence-electron chi connectivity index (χ1n) is 10.8. The monoisotopic (exact) mass is 434 g/mol. The molecule has 1 saturated heterocycles. The van der Waals surface area contributed by atoms with Crippen molar-refractivity contribution in [3.63, 3.8) is 0 Å². The van der Waals surface area contributed by atoms with E-state index in [0.29, 0.717) is 25.5 Å². The molecule has 0 aliphatic carbocycles. The highest BCUT2D eigenvalue weighted by Crippen LogP contribution is 2.30. The van der Waals surface area contributed by atoms with Gasteiger partial charge in [-0.1, -0.05) is 18.2 Å². The molecule has 32 heavy (non-hydrogen) atoms. The zero-order chi connectivity index (χ0) is 21.9. The number of hydrogen-bond donors (Lipinski definition) is 2. The quantitative estimate of drug-likeness (QED) is 0.432. The Labute approximate surface area is 185 Å². The Morgan fingerprint density at radius 1 is 1.19 bits per heavy atom. The number of benzene rings is 1. The molecular weight excluding hydrogens is 408 g/mol. The molecule has 4 aromatic rings. The van der Waals surface area contributed by atoms with E-state index < -0.39 is 6.10 Å². The van der Waals surface area contributed by atoms with Crippen LogP contribution >= 0.6 is 0 Å². The van der Waals surface area contributed by atoms with Gasteiger partial charge in [0.1, 0.15) is 41.5 Å². The number of hydrogen-bond acceptors (Lipinski definition) is 7. The fourth-order valence-corrected chi connectivity index (χ4v) is 3.96. The van der Waals surface area contributed by atoms with E-state index in [9.17, 15) is 5.11 Å². The van der Waals surface area contributed by atoms with Gasteiger partial charge in [0.25, 0.3) is 0 Å². The maximum Gasteiger partial charge on any atom is 0.146 e. The van der Waals surface area contributed by atoms with Crippen LogP contribution in [0.15, 0.2) is 54.9 Å². The number of aliphatic hydroxyl groups excluding tert-OH is 1. The molecule has 2 N–H and O–H groups in total. The average molecular weight is 434 g/mol. The molecule has 5 rings (SSSR count). The molecule has 1 aliphatic rings. The third-order valence-corrected chi connectivity index (χ3v) is 5.65. The van der Waals surface area contributed by atoms with Crippen LogP contribution in [0, 0.1) is 0 Å². The largest absolute Gasteiger partial charge is 0.491 e. The highest BCUT2D eigenvalue weighted by Gasteiger charge is 2.25. The molecule has 1 aromatic carbocycles. The van der Waals surface area contributed by atoms with Gasteiger partial charge >= 0.3 is 0 Å². The Bertz CT molecular complexity index is 1230. The van der Waals surface area contributed by atoms with E-state index >= 15 is 0 Å². The van der Waals surface area contributed by atoms with E-state index in [2.05, 4.69) is 10.3 Å². The molecule has 0 spiro atoms. The van der Waals surface area contributed by atoms with Gasteiger partial charge in [0.2, 0.25) is 0 Å². The number of methoxy groups -OCH3 is 1. The summed E-state index contributed by atoms with van der Waals surface area (Å²) in [4.78, 5) is 9.44. The standard InChI is InChI=1S/C24H26N4O4/c1-30-11-12-31-17-8-10-28-19(14-26-23(28)13-17)18-6-5-16-3-2-4-22(24(16)27-18)32-21-7-9-25-15-20(21)29/h2-6,8,10,13-14,20-21,25,29H,7,9,11-12,15H2,1H3/t20?,21-/m1/s1. The van der Waals surface area contributed by atoms with Crippen molar-refractivity contribution in [3.8, 4) is 22.9 Å². The Morgan fingerprint density at radius 3 is 3.00 bits per heavy atom. The number of β-amino-alcohol motifs (C(OH)–C–C–N with tert-alkyl or cyclic N) is 1. The fourth-order valence-electron chi connectivity index (χ4n) is 3.96. The topological polar surface area (TPSA) is 90.1 Å². The summed E-state index contributed by atoms with van der Waals surface area (Å²) in [7, 11) is 1.65. The number of nitrogens with zero attached hydrogens (tertiary/aromatic N) is 3. The van der Waals surface area contributed by atoms with Crippen LogP contribution in [-0.2, 0) is 4.74 Å². The fraction of sp³-hybridized carbons (Fsp3) is 0.333. The number of nitrogens with one attached hydrogen (secondary N) is 1. The molecule has 166 valence electrons. The second-order valence-electron chi connectivity index (χ2n) is 7.82. The summed E-state index contributed by atoms with van der Waals surface area (Å²) >= 11 is 0. The lowest BCUT2D eigenvalue weighted by Crippen LogP contribution is -2.46. The molecule has 1 aliphatic heterocycles. The molecule has 0 bridgehead atoms. The van der Waals surface area contributed by atoms with Crippen LogP contribution in [0.2, 0.25) is 0 Å². The van der Waals surface area contributed by atoms with Crippen LogP contribution in [0.1, 0.15) is 6.42 Å². The Kier molecular flexibility index (Phi) is 5.89. The minimum Gasteiger partial charge on any atom is -0.491 e. The third-order valence-electron chi connectivity index (χ3n) is 5.65. The van der Waals surface area contributed by atoms with Crippen molar-refractivity contribution in [2.45, 2.75) is 18.6 Å². The van der Waals surface area contributed by atoms with Gasteiger partial charge in [0, 0.05) is 31.3 Å². The molecular formula is C24H26N4O4. The molecule has 8 nitrogen and oxygen atoms in total. The molecule has 0 radical (unpaired) electrons. The molecule has 2 atom stereocenters. The van der Waals surface area contributed by atoms with Crippen LogP contribution in [0.25, 0.3) is 27.9 Å². The summed E-state index contributed by atoms with van der Waals surface area (Å²) < 4.78 is 18.9. The lowest BCUT2D eigenvalue weighted by molar-refractivity contribution is 0.0170. The van der Waals surface area contributed by atoms with Crippen molar-refractivity contribution >= 4 is 16.6 Å². The Morgan fingerprint density at radius 2 is 2.12 bits per heavy atom. The molecule has 0 amide bonds. The molecule has 0 saturated carbocycles. The van der Waals surface area contributed by atoms with Crippen LogP contribution in [0.5, 0.6) is 11.5 Å². The predicted octanol–water partition coefficient (Wildman–Crippen LogP) is 2.68. The van der Waals surface area contributed by atoms with Crippen molar-refractivity contribution < 1.29 is 19.3 Å². The van der Waals surface area contributed by atoms with Crippen LogP contribution < -0.4 is 14.8 Å². The summed E-state index contributed by atoms with van der Waals surface area (Å²) in [6.45, 7) is 2.38. The first kappa shape index (κ1) is 20.7. The number of pyridine rings is 2. The van der Waals surface area contributed by atoms with Gasteiger partial charge in [-0.05, 0) is 31.2 Å². The van der Waals surface area contributed by atoms with E-state index in [1.165, 1.54) is 0 Å². The van der Waals surface area contributed by atoms with Crippen LogP contribution in [-0.4, -0.2) is 65.1 Å². The summed E-state index contributed by atoms with van der Waals surface area (Å²) in [5.74, 6) is 1.42. The van der Waals surface area contributed by atoms with Gasteiger partial charge < -0.3 is 24.6 Å². The summed E-state index contributed by atoms with van der Waals surface area (Å²) in [6, 6.07) is 13.7. The summed E-state index contributed by atoms with van der Waals surface area (Å²) in [5, 5.41) is 14.4. The second kappa shape index (κ2) is 9.12. The smallest absolute Gasteiger partial charge is 0.146 e. The number of rotatable bonds is 7. The molecule has 1 unspecified atom stereocenters. The Balaban J connectivity index is 1.47. The SMILES string of the molecule is COCCOc1ccn2c(-c3ccc4cccc(O[C@@H]5CCNCC5O)c4n3)cnc2c1. The first-order chi connectivity index (χ1) is 15.7. The van der Waals surface area contributed by atoms with E-state index in [-0.39, 0.29) is 6.10 Å². The number of aliphatic hydroxyl groups is 1. The summed E-state index contributed by atoms with van der Waals surface area (Å²) in [5.41, 5.74) is 3.21. The van der Waals surface area contributed by atoms with Crippen LogP contribution in [0.4, 0.5) is 0 Å². The maximum atomic E-state index is 10.3. The average Bonchev–Trinajstić information content (AvgIpc) is 3.24. The van der Waals surface area contributed by atoms with Gasteiger partial charge in [-0.25, -0.2) is 9.97 Å². The van der Waals surface area contributed by atoms with E-state index in [1.807, 2.05) is 59.3 Å². The number of fused-ring (bicyclic) bond motifs is 2. The Hall–Kier alpha value is -3.20. The zero-order valence-corrected chi connectivity index (χ0v) is 17.9. The number of piperidine rings is 1. The van der Waals surface area contributed by atoms with Crippen molar-refractivity contribution in [2.75, 3.05) is 33.4 Å². The normalized spacial score (nSPS) is 18.8. The molecule has 4 heterocycles. The third kappa shape index (κ3) is 4.12. The van der Waals surface area contributed by atoms with Gasteiger partial charge in [0.05, 0.1) is 24.2 Å². The van der Waals surface area contributed by atoms with Gasteiger partial charge in [-0.15, -0.1) is 0 Å². The van der Waals surface area contributed by atoms with Gasteiger partial charge in [-0.3, -0.25) is 4.40 Å². The maximum absolute atomic E-state index is 10.3. The van der Waals surface area contributed by atoms with E-state index in [1.54, 1.807) is 7.11 Å². The van der Waals surface area contributed by atoms with Gasteiger partial charge in [-0.2, -0.15) is 0 Å².